The number of aryl methyl sites for hydroxylation is 1. The molecule has 0 saturated carbocycles. The van der Waals surface area contributed by atoms with Gasteiger partial charge in [0.2, 0.25) is 12.7 Å². The summed E-state index contributed by atoms with van der Waals surface area (Å²) in [6, 6.07) is 7.70. The second-order valence-electron chi connectivity index (χ2n) is 6.98. The molecule has 0 bridgehead atoms. The third-order valence-electron chi connectivity index (χ3n) is 4.93. The molecule has 29 heavy (non-hydrogen) atoms. The largest absolute Gasteiger partial charge is 0.454 e. The smallest absolute Gasteiger partial charge is 0.231 e. The topological polar surface area (TPSA) is 94.1 Å². The lowest BCUT2D eigenvalue weighted by Crippen LogP contribution is -2.24. The number of pyridine rings is 1. The zero-order valence-electron chi connectivity index (χ0n) is 15.8. The molecule has 1 aliphatic rings. The normalized spacial score (nSPS) is 12.4. The number of fused-ring (bicyclic) bond motifs is 2. The number of hydrogen-bond donors (Lipinski definition) is 2. The molecule has 1 amide bonds. The molecule has 5 rings (SSSR count). The van der Waals surface area contributed by atoms with Gasteiger partial charge in [-0.3, -0.25) is 9.48 Å². The van der Waals surface area contributed by atoms with Crippen molar-refractivity contribution in [1.82, 2.24) is 25.1 Å². The molecule has 1 aromatic carbocycles. The molecular weight excluding hydrogens is 370 g/mol. The Morgan fingerprint density at radius 1 is 1.21 bits per heavy atom. The predicted octanol–water partition coefficient (Wildman–Crippen LogP) is 2.55. The van der Waals surface area contributed by atoms with Gasteiger partial charge < -0.3 is 19.8 Å². The van der Waals surface area contributed by atoms with Gasteiger partial charge in [-0.2, -0.15) is 5.10 Å². The molecule has 2 N–H and O–H groups in total. The highest BCUT2D eigenvalue weighted by Crippen LogP contribution is 2.32. The van der Waals surface area contributed by atoms with Gasteiger partial charge in [0.25, 0.3) is 0 Å². The van der Waals surface area contributed by atoms with Crippen LogP contribution in [0.3, 0.4) is 0 Å². The lowest BCUT2D eigenvalue weighted by Gasteiger charge is -2.06. The van der Waals surface area contributed by atoms with E-state index in [0.29, 0.717) is 12.3 Å². The number of aromatic amines is 1. The number of nitrogens with zero attached hydrogens (tertiary/aromatic N) is 3. The summed E-state index contributed by atoms with van der Waals surface area (Å²) in [6.07, 6.45) is 7.65. The lowest BCUT2D eigenvalue weighted by atomic mass is 10.1. The van der Waals surface area contributed by atoms with Crippen LogP contribution >= 0.6 is 0 Å². The second kappa shape index (κ2) is 6.97. The van der Waals surface area contributed by atoms with Crippen LogP contribution < -0.4 is 14.8 Å². The Hall–Kier alpha value is -3.81. The molecule has 0 fully saturated rings. The second-order valence-corrected chi connectivity index (χ2v) is 6.98. The van der Waals surface area contributed by atoms with E-state index >= 15 is 0 Å². The number of amides is 1. The van der Waals surface area contributed by atoms with E-state index in [4.69, 9.17) is 9.47 Å². The molecule has 0 radical (unpaired) electrons. The van der Waals surface area contributed by atoms with Gasteiger partial charge >= 0.3 is 0 Å². The Morgan fingerprint density at radius 3 is 2.97 bits per heavy atom. The van der Waals surface area contributed by atoms with Crippen LogP contribution in [0.4, 0.5) is 0 Å². The summed E-state index contributed by atoms with van der Waals surface area (Å²) in [6.45, 7) is 0.664. The van der Waals surface area contributed by atoms with Crippen LogP contribution in [0.2, 0.25) is 0 Å². The van der Waals surface area contributed by atoms with Crippen LogP contribution in [0.5, 0.6) is 11.5 Å². The van der Waals surface area contributed by atoms with Gasteiger partial charge in [0.15, 0.2) is 11.5 Å². The van der Waals surface area contributed by atoms with E-state index in [1.807, 2.05) is 43.7 Å². The van der Waals surface area contributed by atoms with Crippen LogP contribution in [0.25, 0.3) is 22.2 Å². The van der Waals surface area contributed by atoms with Crippen molar-refractivity contribution in [1.29, 1.82) is 0 Å². The number of hydrogen-bond acceptors (Lipinski definition) is 5. The fourth-order valence-electron chi connectivity index (χ4n) is 3.42. The van der Waals surface area contributed by atoms with Crippen LogP contribution in [-0.4, -0.2) is 32.4 Å². The first-order chi connectivity index (χ1) is 14.2. The maximum atomic E-state index is 12.5. The van der Waals surface area contributed by atoms with Crippen molar-refractivity contribution < 1.29 is 14.3 Å². The highest BCUT2D eigenvalue weighted by molar-refractivity contribution is 5.89. The van der Waals surface area contributed by atoms with Crippen molar-refractivity contribution in [2.75, 3.05) is 6.79 Å². The van der Waals surface area contributed by atoms with E-state index in [-0.39, 0.29) is 19.1 Å². The monoisotopic (exact) mass is 389 g/mol. The number of ether oxygens (including phenoxy) is 2. The number of nitrogens with one attached hydrogen (secondary N) is 2. The summed E-state index contributed by atoms with van der Waals surface area (Å²) in [5.41, 5.74) is 4.58. The van der Waals surface area contributed by atoms with Crippen molar-refractivity contribution in [3.8, 4) is 22.6 Å². The molecule has 0 spiro atoms. The minimum absolute atomic E-state index is 0.0599. The van der Waals surface area contributed by atoms with Gasteiger partial charge in [-0.05, 0) is 29.3 Å². The molecule has 8 heteroatoms. The molecule has 1 aliphatic heterocycles. The molecule has 4 heterocycles. The van der Waals surface area contributed by atoms with E-state index in [9.17, 15) is 4.79 Å². The number of rotatable bonds is 5. The molecule has 0 unspecified atom stereocenters. The third kappa shape index (κ3) is 3.40. The fraction of sp³-hybridized carbons (Fsp3) is 0.190. The van der Waals surface area contributed by atoms with Gasteiger partial charge in [-0.15, -0.1) is 0 Å². The van der Waals surface area contributed by atoms with Crippen LogP contribution in [-0.2, 0) is 24.8 Å². The molecular formula is C21H19N5O3. The van der Waals surface area contributed by atoms with E-state index < -0.39 is 0 Å². The predicted molar refractivity (Wildman–Crippen MR) is 106 cm³/mol. The van der Waals surface area contributed by atoms with Crippen LogP contribution in [0, 0.1) is 0 Å². The highest BCUT2D eigenvalue weighted by Gasteiger charge is 2.14. The average molecular weight is 389 g/mol. The van der Waals surface area contributed by atoms with Crippen molar-refractivity contribution in [2.24, 2.45) is 7.05 Å². The van der Waals surface area contributed by atoms with Gasteiger partial charge in [0.05, 0.1) is 12.6 Å². The first-order valence-corrected chi connectivity index (χ1v) is 9.26. The Morgan fingerprint density at radius 2 is 2.10 bits per heavy atom. The zero-order chi connectivity index (χ0) is 19.8. The van der Waals surface area contributed by atoms with Gasteiger partial charge in [-0.1, -0.05) is 6.07 Å². The van der Waals surface area contributed by atoms with E-state index in [0.717, 1.165) is 39.0 Å². The molecule has 0 saturated heterocycles. The highest BCUT2D eigenvalue weighted by atomic mass is 16.7. The van der Waals surface area contributed by atoms with Crippen molar-refractivity contribution >= 4 is 16.9 Å². The van der Waals surface area contributed by atoms with Gasteiger partial charge in [0.1, 0.15) is 5.65 Å². The Kier molecular flexibility index (Phi) is 4.16. The van der Waals surface area contributed by atoms with Crippen molar-refractivity contribution in [3.05, 3.63) is 60.2 Å². The number of carbonyl (C=O) groups excluding carboxylic acids is 1. The quantitative estimate of drug-likeness (QED) is 0.547. The molecule has 3 aromatic heterocycles. The Labute approximate surface area is 166 Å². The van der Waals surface area contributed by atoms with Crippen LogP contribution in [0.1, 0.15) is 11.1 Å². The van der Waals surface area contributed by atoms with E-state index in [1.54, 1.807) is 17.1 Å². The number of H-pyrrole nitrogens is 1. The fourth-order valence-corrected chi connectivity index (χ4v) is 3.42. The summed E-state index contributed by atoms with van der Waals surface area (Å²) >= 11 is 0. The summed E-state index contributed by atoms with van der Waals surface area (Å²) in [5, 5.41) is 8.10. The van der Waals surface area contributed by atoms with Crippen LogP contribution in [0.15, 0.2) is 49.1 Å². The Balaban J connectivity index is 1.30. The summed E-state index contributed by atoms with van der Waals surface area (Å²) in [4.78, 5) is 20.1. The van der Waals surface area contributed by atoms with Crippen molar-refractivity contribution in [2.45, 2.75) is 13.0 Å². The minimum Gasteiger partial charge on any atom is -0.454 e. The SMILES string of the molecule is Cn1cc(-c2cnc3[nH]cc(CC(=O)NCc4ccc5c(c4)OCO5)c3c2)cn1. The zero-order valence-corrected chi connectivity index (χ0v) is 15.8. The number of carbonyl (C=O) groups is 1. The maximum absolute atomic E-state index is 12.5. The summed E-state index contributed by atoms with van der Waals surface area (Å²) < 4.78 is 12.4. The molecule has 8 nitrogen and oxygen atoms in total. The first-order valence-electron chi connectivity index (χ1n) is 9.26. The lowest BCUT2D eigenvalue weighted by molar-refractivity contribution is -0.120. The number of aromatic nitrogens is 4. The standard InChI is InChI=1S/C21H19N5O3/c1-26-11-16(10-25-26)14-5-17-15(9-24-21(17)23-8-14)6-20(27)22-7-13-2-3-18-19(4-13)29-12-28-18/h2-5,8-11H,6-7,12H2,1H3,(H,22,27)(H,23,24). The summed E-state index contributed by atoms with van der Waals surface area (Å²) in [7, 11) is 1.88. The molecule has 4 aromatic rings. The third-order valence-corrected chi connectivity index (χ3v) is 4.93. The van der Waals surface area contributed by atoms with E-state index in [2.05, 4.69) is 20.4 Å². The van der Waals surface area contributed by atoms with Gasteiger partial charge in [-0.25, -0.2) is 4.98 Å². The van der Waals surface area contributed by atoms with Gasteiger partial charge in [0, 0.05) is 48.7 Å². The summed E-state index contributed by atoms with van der Waals surface area (Å²) in [5.74, 6) is 1.38. The molecule has 146 valence electrons. The minimum atomic E-state index is -0.0599. The molecule has 0 atom stereocenters. The Bertz CT molecular complexity index is 1210. The molecule has 0 aliphatic carbocycles. The maximum Gasteiger partial charge on any atom is 0.231 e. The average Bonchev–Trinajstić information content (AvgIpc) is 3.46. The first kappa shape index (κ1) is 17.3. The van der Waals surface area contributed by atoms with Crippen molar-refractivity contribution in [3.63, 3.8) is 0 Å². The number of benzene rings is 1. The van der Waals surface area contributed by atoms with E-state index in [1.165, 1.54) is 0 Å².